The lowest BCUT2D eigenvalue weighted by atomic mass is 10.1. The highest BCUT2D eigenvalue weighted by Gasteiger charge is 2.16. The molecule has 10 heteroatoms. The molecule has 0 radical (unpaired) electrons. The summed E-state index contributed by atoms with van der Waals surface area (Å²) in [6, 6.07) is 12.6. The van der Waals surface area contributed by atoms with E-state index in [-0.39, 0.29) is 18.6 Å². The molecule has 10 nitrogen and oxygen atoms in total. The Morgan fingerprint density at radius 3 is 2.56 bits per heavy atom. The van der Waals surface area contributed by atoms with Crippen molar-refractivity contribution >= 4 is 34.2 Å². The highest BCUT2D eigenvalue weighted by atomic mass is 16.5. The molecule has 0 bridgehead atoms. The van der Waals surface area contributed by atoms with Crippen LogP contribution in [0, 0.1) is 0 Å². The van der Waals surface area contributed by atoms with Gasteiger partial charge in [-0.15, -0.1) is 0 Å². The largest absolute Gasteiger partial charge is 0.492 e. The minimum absolute atomic E-state index is 0.141. The standard InChI is InChI=1S/C26H32N6O4/c1-4-36-23-15-20-19(14-21(23)30-25(35)11-10-24(34)27-12-13-32(2)3)26(29-17-28-20)31-22(16-33)18-8-6-5-7-9-18/h5-11,14-15,17,22,33H,4,12-13,16H2,1-3H3,(H,27,34)(H,30,35)(H,28,29,31). The average Bonchev–Trinajstić information content (AvgIpc) is 2.87. The van der Waals surface area contributed by atoms with Crippen LogP contribution >= 0.6 is 0 Å². The van der Waals surface area contributed by atoms with E-state index in [0.717, 1.165) is 5.56 Å². The number of fused-ring (bicyclic) bond motifs is 1. The van der Waals surface area contributed by atoms with Gasteiger partial charge in [0.05, 0.1) is 30.5 Å². The highest BCUT2D eigenvalue weighted by Crippen LogP contribution is 2.33. The second-order valence-corrected chi connectivity index (χ2v) is 8.23. The van der Waals surface area contributed by atoms with Crippen molar-refractivity contribution in [3.63, 3.8) is 0 Å². The monoisotopic (exact) mass is 492 g/mol. The minimum atomic E-state index is -0.484. The Labute approximate surface area is 210 Å². The van der Waals surface area contributed by atoms with Crippen LogP contribution in [-0.4, -0.2) is 72.2 Å². The van der Waals surface area contributed by atoms with Gasteiger partial charge in [-0.25, -0.2) is 9.97 Å². The van der Waals surface area contributed by atoms with Crippen LogP contribution in [0.1, 0.15) is 18.5 Å². The van der Waals surface area contributed by atoms with Crippen LogP contribution in [0.4, 0.5) is 11.5 Å². The molecule has 0 aliphatic carbocycles. The topological polar surface area (TPSA) is 129 Å². The average molecular weight is 493 g/mol. The molecule has 0 saturated heterocycles. The molecule has 190 valence electrons. The fourth-order valence-electron chi connectivity index (χ4n) is 3.44. The van der Waals surface area contributed by atoms with Crippen molar-refractivity contribution < 1.29 is 19.4 Å². The summed E-state index contributed by atoms with van der Waals surface area (Å²) in [6.07, 6.45) is 3.78. The molecule has 0 aliphatic heterocycles. The maximum atomic E-state index is 12.6. The number of hydrogen-bond acceptors (Lipinski definition) is 8. The number of likely N-dealkylation sites (N-methyl/N-ethyl adjacent to an activating group) is 1. The lowest BCUT2D eigenvalue weighted by molar-refractivity contribution is -0.117. The van der Waals surface area contributed by atoms with Crippen LogP contribution in [-0.2, 0) is 9.59 Å². The van der Waals surface area contributed by atoms with Crippen molar-refractivity contribution in [1.29, 1.82) is 0 Å². The molecule has 1 heterocycles. The number of aromatic nitrogens is 2. The molecule has 3 rings (SSSR count). The molecule has 4 N–H and O–H groups in total. The first kappa shape index (κ1) is 26.6. The van der Waals surface area contributed by atoms with Crippen LogP contribution in [0.5, 0.6) is 5.75 Å². The smallest absolute Gasteiger partial charge is 0.248 e. The number of anilines is 2. The van der Waals surface area contributed by atoms with Crippen molar-refractivity contribution in [3.8, 4) is 5.75 Å². The molecule has 0 spiro atoms. The summed E-state index contributed by atoms with van der Waals surface area (Å²) in [5.74, 6) is 0.0965. The van der Waals surface area contributed by atoms with E-state index < -0.39 is 5.91 Å². The van der Waals surface area contributed by atoms with Crippen molar-refractivity contribution in [3.05, 3.63) is 66.5 Å². The maximum Gasteiger partial charge on any atom is 0.248 e. The molecule has 2 aromatic carbocycles. The summed E-state index contributed by atoms with van der Waals surface area (Å²) in [4.78, 5) is 35.2. The summed E-state index contributed by atoms with van der Waals surface area (Å²) in [7, 11) is 3.82. The normalized spacial score (nSPS) is 12.0. The van der Waals surface area contributed by atoms with Crippen molar-refractivity contribution in [2.45, 2.75) is 13.0 Å². The van der Waals surface area contributed by atoms with Crippen LogP contribution in [0.15, 0.2) is 60.9 Å². The Morgan fingerprint density at radius 2 is 1.86 bits per heavy atom. The predicted molar refractivity (Wildman–Crippen MR) is 140 cm³/mol. The number of hydrogen-bond donors (Lipinski definition) is 4. The quantitative estimate of drug-likeness (QED) is 0.284. The Kier molecular flexibility index (Phi) is 9.73. The molecule has 2 amide bonds. The number of carbonyl (C=O) groups excluding carboxylic acids is 2. The first-order chi connectivity index (χ1) is 17.4. The van der Waals surface area contributed by atoms with Gasteiger partial charge in [0.25, 0.3) is 0 Å². The number of rotatable bonds is 12. The van der Waals surface area contributed by atoms with Crippen molar-refractivity contribution in [2.24, 2.45) is 0 Å². The zero-order valence-electron chi connectivity index (χ0n) is 20.7. The molecule has 1 unspecified atom stereocenters. The molecular formula is C26H32N6O4. The van der Waals surface area contributed by atoms with Gasteiger partial charge < -0.3 is 30.7 Å². The van der Waals surface area contributed by atoms with E-state index in [0.29, 0.717) is 47.9 Å². The van der Waals surface area contributed by atoms with Crippen LogP contribution in [0.3, 0.4) is 0 Å². The van der Waals surface area contributed by atoms with Gasteiger partial charge >= 0.3 is 0 Å². The Hall–Kier alpha value is -4.02. The van der Waals surface area contributed by atoms with Gasteiger partial charge in [-0.2, -0.15) is 0 Å². The van der Waals surface area contributed by atoms with Crippen LogP contribution < -0.4 is 20.7 Å². The third-order valence-corrected chi connectivity index (χ3v) is 5.23. The summed E-state index contributed by atoms with van der Waals surface area (Å²) >= 11 is 0. The van der Waals surface area contributed by atoms with Gasteiger partial charge in [-0.3, -0.25) is 9.59 Å². The summed E-state index contributed by atoms with van der Waals surface area (Å²) in [5.41, 5.74) is 1.92. The molecular weight excluding hydrogens is 460 g/mol. The van der Waals surface area contributed by atoms with Gasteiger partial charge in [0, 0.05) is 36.7 Å². The fourth-order valence-corrected chi connectivity index (χ4v) is 3.44. The van der Waals surface area contributed by atoms with E-state index in [1.165, 1.54) is 18.5 Å². The van der Waals surface area contributed by atoms with Crippen molar-refractivity contribution in [2.75, 3.05) is 51.0 Å². The summed E-state index contributed by atoms with van der Waals surface area (Å²) in [6.45, 7) is 3.25. The van der Waals surface area contributed by atoms with Gasteiger partial charge in [-0.1, -0.05) is 30.3 Å². The van der Waals surface area contributed by atoms with Gasteiger partial charge in [0.15, 0.2) is 0 Å². The second-order valence-electron chi connectivity index (χ2n) is 8.23. The van der Waals surface area contributed by atoms with E-state index in [1.54, 1.807) is 12.1 Å². The van der Waals surface area contributed by atoms with E-state index in [2.05, 4.69) is 25.9 Å². The number of carbonyl (C=O) groups is 2. The number of benzene rings is 2. The fraction of sp³-hybridized carbons (Fsp3) is 0.308. The molecule has 1 atom stereocenters. The number of aliphatic hydroxyl groups excluding tert-OH is 1. The first-order valence-electron chi connectivity index (χ1n) is 11.7. The van der Waals surface area contributed by atoms with Gasteiger partial charge in [0.2, 0.25) is 11.8 Å². The Bertz CT molecular complexity index is 1200. The van der Waals surface area contributed by atoms with Gasteiger partial charge in [-0.05, 0) is 32.6 Å². The molecule has 36 heavy (non-hydrogen) atoms. The molecule has 1 aromatic heterocycles. The van der Waals surface area contributed by atoms with E-state index in [9.17, 15) is 14.7 Å². The number of amides is 2. The second kappa shape index (κ2) is 13.2. The van der Waals surface area contributed by atoms with E-state index in [1.807, 2.05) is 56.3 Å². The molecule has 0 saturated carbocycles. The molecule has 3 aromatic rings. The molecule has 0 aliphatic rings. The lowest BCUT2D eigenvalue weighted by Gasteiger charge is -2.19. The van der Waals surface area contributed by atoms with E-state index in [4.69, 9.17) is 4.74 Å². The summed E-state index contributed by atoms with van der Waals surface area (Å²) in [5, 5.41) is 19.3. The zero-order valence-corrected chi connectivity index (χ0v) is 20.7. The minimum Gasteiger partial charge on any atom is -0.492 e. The predicted octanol–water partition coefficient (Wildman–Crippen LogP) is 2.35. The Balaban J connectivity index is 1.83. The Morgan fingerprint density at radius 1 is 1.11 bits per heavy atom. The third kappa shape index (κ3) is 7.49. The number of aliphatic hydroxyl groups is 1. The number of nitrogens with zero attached hydrogens (tertiary/aromatic N) is 3. The maximum absolute atomic E-state index is 12.6. The zero-order chi connectivity index (χ0) is 25.9. The molecule has 0 fully saturated rings. The third-order valence-electron chi connectivity index (χ3n) is 5.23. The number of nitrogens with one attached hydrogen (secondary N) is 3. The highest BCUT2D eigenvalue weighted by molar-refractivity contribution is 6.06. The van der Waals surface area contributed by atoms with E-state index >= 15 is 0 Å². The van der Waals surface area contributed by atoms with Crippen LogP contribution in [0.25, 0.3) is 10.9 Å². The van der Waals surface area contributed by atoms with Gasteiger partial charge in [0.1, 0.15) is 17.9 Å². The SMILES string of the molecule is CCOc1cc2ncnc(NC(CO)c3ccccc3)c2cc1NC(=O)C=CC(=O)NCCN(C)C. The summed E-state index contributed by atoms with van der Waals surface area (Å²) < 4.78 is 5.71. The van der Waals surface area contributed by atoms with Crippen LogP contribution in [0.2, 0.25) is 0 Å². The lowest BCUT2D eigenvalue weighted by Crippen LogP contribution is -2.30. The van der Waals surface area contributed by atoms with Crippen molar-refractivity contribution in [1.82, 2.24) is 20.2 Å². The first-order valence-corrected chi connectivity index (χ1v) is 11.7. The number of ether oxygens (including phenoxy) is 1.